The van der Waals surface area contributed by atoms with Gasteiger partial charge in [-0.15, -0.1) is 10.2 Å². The zero-order chi connectivity index (χ0) is 26.1. The Morgan fingerprint density at radius 1 is 1.08 bits per heavy atom. The molecule has 0 aliphatic carbocycles. The van der Waals surface area contributed by atoms with Crippen molar-refractivity contribution in [2.75, 3.05) is 31.7 Å². The molecule has 3 aromatic rings. The van der Waals surface area contributed by atoms with Gasteiger partial charge in [-0.1, -0.05) is 25.2 Å². The quantitative estimate of drug-likeness (QED) is 0.160. The number of ether oxygens (including phenoxy) is 1. The van der Waals surface area contributed by atoms with E-state index in [1.54, 1.807) is 12.1 Å². The van der Waals surface area contributed by atoms with Crippen LogP contribution in [0.15, 0.2) is 68.8 Å². The molecule has 1 heterocycles. The van der Waals surface area contributed by atoms with E-state index in [-0.39, 0.29) is 4.90 Å². The lowest BCUT2D eigenvalue weighted by molar-refractivity contribution is 0.223. The lowest BCUT2D eigenvalue weighted by atomic mass is 10.2. The van der Waals surface area contributed by atoms with Crippen molar-refractivity contribution in [3.8, 4) is 5.75 Å². The number of hydrogen-bond donors (Lipinski definition) is 2. The van der Waals surface area contributed by atoms with E-state index < -0.39 is 10.0 Å². The van der Waals surface area contributed by atoms with Gasteiger partial charge in [0.05, 0.1) is 16.3 Å². The second-order valence-electron chi connectivity index (χ2n) is 7.85. The highest BCUT2D eigenvalue weighted by molar-refractivity contribution is 7.89. The van der Waals surface area contributed by atoms with Gasteiger partial charge in [0.25, 0.3) is 0 Å². The predicted octanol–water partition coefficient (Wildman–Crippen LogP) is 4.69. The summed E-state index contributed by atoms with van der Waals surface area (Å²) in [6, 6.07) is 13.4. The van der Waals surface area contributed by atoms with Gasteiger partial charge in [0.15, 0.2) is 0 Å². The molecule has 0 atom stereocenters. The summed E-state index contributed by atoms with van der Waals surface area (Å²) in [5.41, 5.74) is 5.08. The Kier molecular flexibility index (Phi) is 9.65. The van der Waals surface area contributed by atoms with Gasteiger partial charge >= 0.3 is 0 Å². The maximum atomic E-state index is 11.5. The van der Waals surface area contributed by atoms with Crippen LogP contribution in [0.2, 0.25) is 0 Å². The van der Waals surface area contributed by atoms with E-state index in [0.29, 0.717) is 28.8 Å². The topological polar surface area (TPSA) is 135 Å². The van der Waals surface area contributed by atoms with E-state index in [9.17, 15) is 8.42 Å². The fraction of sp³-hybridized carbons (Fsp3) is 0.333. The SMILES string of the molecule is CCN(CC)CCOc1ccc(C(N=Nc2nc(C)c(C)s2)=NNc2ccc(S(N)(=O)=O)cc2)cc1. The fourth-order valence-corrected chi connectivity index (χ4v) is 4.35. The van der Waals surface area contributed by atoms with E-state index in [0.717, 1.165) is 36.0 Å². The molecule has 0 unspecified atom stereocenters. The molecule has 0 aliphatic rings. The van der Waals surface area contributed by atoms with E-state index in [1.165, 1.54) is 23.5 Å². The van der Waals surface area contributed by atoms with Gasteiger partial charge in [-0.3, -0.25) is 5.43 Å². The van der Waals surface area contributed by atoms with Crippen LogP contribution in [0.5, 0.6) is 5.75 Å². The summed E-state index contributed by atoms with van der Waals surface area (Å²) in [6.45, 7) is 11.6. The average Bonchev–Trinajstić information content (AvgIpc) is 3.19. The number of nitrogens with one attached hydrogen (secondary N) is 1. The molecule has 36 heavy (non-hydrogen) atoms. The molecule has 0 saturated heterocycles. The van der Waals surface area contributed by atoms with Gasteiger partial charge < -0.3 is 9.64 Å². The lowest BCUT2D eigenvalue weighted by Gasteiger charge is -2.18. The molecule has 0 aliphatic heterocycles. The average molecular weight is 530 g/mol. The Morgan fingerprint density at radius 2 is 1.75 bits per heavy atom. The molecule has 0 spiro atoms. The fourth-order valence-electron chi connectivity index (χ4n) is 3.10. The number of anilines is 1. The standard InChI is InChI=1S/C24H31N7O3S2/c1-5-31(6-2)15-16-34-21-11-7-19(8-12-21)23(29-30-24-26-17(3)18(4)35-24)28-27-20-9-13-22(14-10-20)36(25,32)33/h7-14,27H,5-6,15-16H2,1-4H3,(H2,25,32,33). The number of hydrazone groups is 1. The highest BCUT2D eigenvalue weighted by Gasteiger charge is 2.09. The Morgan fingerprint density at radius 3 is 2.31 bits per heavy atom. The second kappa shape index (κ2) is 12.7. The number of nitrogens with two attached hydrogens (primary N) is 1. The molecule has 0 radical (unpaired) electrons. The molecule has 10 nitrogen and oxygen atoms in total. The summed E-state index contributed by atoms with van der Waals surface area (Å²) in [7, 11) is -3.77. The van der Waals surface area contributed by atoms with Crippen molar-refractivity contribution < 1.29 is 13.2 Å². The zero-order valence-corrected chi connectivity index (χ0v) is 22.4. The number of aromatic nitrogens is 1. The number of rotatable bonds is 11. The number of thiazole rings is 1. The Balaban J connectivity index is 1.79. The Bertz CT molecular complexity index is 1280. The zero-order valence-electron chi connectivity index (χ0n) is 20.8. The largest absolute Gasteiger partial charge is 0.492 e. The van der Waals surface area contributed by atoms with Crippen LogP contribution in [0.4, 0.5) is 10.8 Å². The van der Waals surface area contributed by atoms with Crippen molar-refractivity contribution in [2.24, 2.45) is 20.5 Å². The monoisotopic (exact) mass is 529 g/mol. The number of amidine groups is 1. The summed E-state index contributed by atoms with van der Waals surface area (Å²) in [5.74, 6) is 1.07. The first-order valence-electron chi connectivity index (χ1n) is 11.5. The normalized spacial score (nSPS) is 12.4. The van der Waals surface area contributed by atoms with Crippen molar-refractivity contribution in [1.82, 2.24) is 9.88 Å². The van der Waals surface area contributed by atoms with Crippen LogP contribution >= 0.6 is 11.3 Å². The smallest absolute Gasteiger partial charge is 0.238 e. The summed E-state index contributed by atoms with van der Waals surface area (Å²) in [4.78, 5) is 7.77. The summed E-state index contributed by atoms with van der Waals surface area (Å²) < 4.78 is 28.8. The summed E-state index contributed by atoms with van der Waals surface area (Å²) >= 11 is 1.45. The lowest BCUT2D eigenvalue weighted by Crippen LogP contribution is -2.27. The number of nitrogens with zero attached hydrogens (tertiary/aromatic N) is 5. The third kappa shape index (κ3) is 7.92. The van der Waals surface area contributed by atoms with Crippen LogP contribution in [-0.2, 0) is 10.0 Å². The van der Waals surface area contributed by atoms with Crippen molar-refractivity contribution in [3.63, 3.8) is 0 Å². The van der Waals surface area contributed by atoms with Gasteiger partial charge in [-0.05, 0) is 75.5 Å². The molecule has 0 amide bonds. The molecule has 0 bridgehead atoms. The molecular formula is C24H31N7O3S2. The second-order valence-corrected chi connectivity index (χ2v) is 10.6. The van der Waals surface area contributed by atoms with Gasteiger partial charge in [0, 0.05) is 17.0 Å². The van der Waals surface area contributed by atoms with E-state index in [2.05, 4.69) is 44.5 Å². The Labute approximate surface area is 216 Å². The molecule has 192 valence electrons. The van der Waals surface area contributed by atoms with Crippen LogP contribution in [0, 0.1) is 13.8 Å². The van der Waals surface area contributed by atoms with Gasteiger partial charge in [0.1, 0.15) is 12.4 Å². The highest BCUT2D eigenvalue weighted by atomic mass is 32.2. The van der Waals surface area contributed by atoms with Gasteiger partial charge in [0.2, 0.25) is 21.0 Å². The van der Waals surface area contributed by atoms with E-state index in [4.69, 9.17) is 9.88 Å². The summed E-state index contributed by atoms with van der Waals surface area (Å²) in [5, 5.41) is 18.7. The summed E-state index contributed by atoms with van der Waals surface area (Å²) in [6.07, 6.45) is 0. The van der Waals surface area contributed by atoms with Crippen molar-refractivity contribution >= 4 is 38.0 Å². The number of primary sulfonamides is 1. The molecule has 0 saturated carbocycles. The number of sulfonamides is 1. The highest BCUT2D eigenvalue weighted by Crippen LogP contribution is 2.25. The third-order valence-corrected chi connectivity index (χ3v) is 7.29. The minimum Gasteiger partial charge on any atom is -0.492 e. The molecule has 12 heteroatoms. The Hall–Kier alpha value is -3.19. The van der Waals surface area contributed by atoms with Crippen molar-refractivity contribution in [3.05, 3.63) is 64.7 Å². The number of aryl methyl sites for hydroxylation is 2. The van der Waals surface area contributed by atoms with Crippen molar-refractivity contribution in [2.45, 2.75) is 32.6 Å². The minimum atomic E-state index is -3.77. The van der Waals surface area contributed by atoms with Crippen LogP contribution in [0.1, 0.15) is 30.0 Å². The van der Waals surface area contributed by atoms with E-state index in [1.807, 2.05) is 38.1 Å². The van der Waals surface area contributed by atoms with Gasteiger partial charge in [-0.25, -0.2) is 18.5 Å². The molecule has 3 N–H and O–H groups in total. The maximum absolute atomic E-state index is 11.5. The van der Waals surface area contributed by atoms with Gasteiger partial charge in [-0.2, -0.15) is 5.10 Å². The van der Waals surface area contributed by atoms with Crippen LogP contribution in [-0.4, -0.2) is 50.4 Å². The maximum Gasteiger partial charge on any atom is 0.238 e. The minimum absolute atomic E-state index is 0.0167. The molecular weight excluding hydrogens is 498 g/mol. The third-order valence-electron chi connectivity index (χ3n) is 5.40. The first-order chi connectivity index (χ1) is 17.2. The number of benzene rings is 2. The van der Waals surface area contributed by atoms with Crippen LogP contribution in [0.3, 0.4) is 0 Å². The number of hydrogen-bond acceptors (Lipinski definition) is 9. The molecule has 0 fully saturated rings. The van der Waals surface area contributed by atoms with Crippen molar-refractivity contribution in [1.29, 1.82) is 0 Å². The number of azo groups is 1. The molecule has 2 aromatic carbocycles. The first-order valence-corrected chi connectivity index (χ1v) is 13.8. The number of likely N-dealkylation sites (N-methyl/N-ethyl adjacent to an activating group) is 1. The van der Waals surface area contributed by atoms with E-state index >= 15 is 0 Å². The molecule has 1 aromatic heterocycles. The predicted molar refractivity (Wildman–Crippen MR) is 144 cm³/mol. The molecule has 3 rings (SSSR count). The van der Waals surface area contributed by atoms with Crippen LogP contribution < -0.4 is 15.3 Å². The van der Waals surface area contributed by atoms with Crippen LogP contribution in [0.25, 0.3) is 0 Å². The first kappa shape index (κ1) is 27.4.